The van der Waals surface area contributed by atoms with E-state index in [1.165, 1.54) is 12.1 Å². The molecular weight excluding hydrogens is 267 g/mol. The average molecular weight is 288 g/mol. The summed E-state index contributed by atoms with van der Waals surface area (Å²) in [5.74, 6) is 1.15. The van der Waals surface area contributed by atoms with E-state index in [0.29, 0.717) is 5.92 Å². The maximum absolute atomic E-state index is 13.0. The molecule has 2 aromatic rings. The molecule has 2 heterocycles. The van der Waals surface area contributed by atoms with Gasteiger partial charge in [0.15, 0.2) is 5.76 Å². The second-order valence-corrected chi connectivity index (χ2v) is 6.06. The number of aromatic nitrogens is 1. The first-order valence-corrected chi connectivity index (χ1v) is 7.58. The van der Waals surface area contributed by atoms with Crippen LogP contribution in [0.15, 0.2) is 34.9 Å². The molecule has 1 aromatic heterocycles. The molecule has 1 saturated heterocycles. The number of nitrogens with zero attached hydrogens (tertiary/aromatic N) is 2. The normalized spacial score (nSPS) is 19.5. The zero-order valence-corrected chi connectivity index (χ0v) is 12.6. The van der Waals surface area contributed by atoms with Crippen LogP contribution >= 0.6 is 0 Å². The van der Waals surface area contributed by atoms with Crippen LogP contribution in [0.3, 0.4) is 0 Å². The van der Waals surface area contributed by atoms with E-state index in [1.807, 2.05) is 12.1 Å². The van der Waals surface area contributed by atoms with Crippen LogP contribution in [0.1, 0.15) is 55.7 Å². The van der Waals surface area contributed by atoms with Crippen molar-refractivity contribution in [3.05, 3.63) is 53.2 Å². The van der Waals surface area contributed by atoms with Crippen molar-refractivity contribution in [1.82, 2.24) is 10.1 Å². The van der Waals surface area contributed by atoms with Gasteiger partial charge in [-0.05, 0) is 43.0 Å². The lowest BCUT2D eigenvalue weighted by Crippen LogP contribution is -2.22. The van der Waals surface area contributed by atoms with Crippen LogP contribution < -0.4 is 0 Å². The topological polar surface area (TPSA) is 29.3 Å². The van der Waals surface area contributed by atoms with Crippen LogP contribution in [0.25, 0.3) is 0 Å². The van der Waals surface area contributed by atoms with Gasteiger partial charge >= 0.3 is 0 Å². The summed E-state index contributed by atoms with van der Waals surface area (Å²) < 4.78 is 18.5. The number of likely N-dealkylation sites (tertiary alicyclic amines) is 1. The van der Waals surface area contributed by atoms with E-state index < -0.39 is 0 Å². The van der Waals surface area contributed by atoms with Gasteiger partial charge in [0, 0.05) is 12.6 Å². The summed E-state index contributed by atoms with van der Waals surface area (Å²) in [4.78, 5) is 2.39. The smallest absolute Gasteiger partial charge is 0.154 e. The monoisotopic (exact) mass is 288 g/mol. The highest BCUT2D eigenvalue weighted by Crippen LogP contribution is 2.34. The van der Waals surface area contributed by atoms with Gasteiger partial charge in [0.05, 0.1) is 11.7 Å². The summed E-state index contributed by atoms with van der Waals surface area (Å²) in [6, 6.07) is 9.11. The number of benzene rings is 1. The van der Waals surface area contributed by atoms with Crippen LogP contribution in [-0.2, 0) is 6.54 Å². The number of rotatable bonds is 4. The summed E-state index contributed by atoms with van der Waals surface area (Å²) in [6.07, 6.45) is 2.25. The Morgan fingerprint density at radius 2 is 2.10 bits per heavy atom. The van der Waals surface area contributed by atoms with Crippen LogP contribution in [-0.4, -0.2) is 16.6 Å². The molecule has 1 fully saturated rings. The molecule has 1 aliphatic heterocycles. The van der Waals surface area contributed by atoms with E-state index in [4.69, 9.17) is 4.52 Å². The Hall–Kier alpha value is -1.68. The van der Waals surface area contributed by atoms with E-state index >= 15 is 0 Å². The van der Waals surface area contributed by atoms with Gasteiger partial charge in [0.25, 0.3) is 0 Å². The summed E-state index contributed by atoms with van der Waals surface area (Å²) in [6.45, 7) is 6.10. The molecule has 4 heteroatoms. The Labute approximate surface area is 124 Å². The SMILES string of the molecule is CC(C)c1cc([C@@H]2CCCN2Cc2ccc(F)cc2)on1. The first-order valence-electron chi connectivity index (χ1n) is 7.58. The Morgan fingerprint density at radius 1 is 1.33 bits per heavy atom. The molecular formula is C17H21FN2O. The number of hydrogen-bond donors (Lipinski definition) is 0. The van der Waals surface area contributed by atoms with Gasteiger partial charge in [0.2, 0.25) is 0 Å². The molecule has 0 amide bonds. The van der Waals surface area contributed by atoms with Gasteiger partial charge in [-0.2, -0.15) is 0 Å². The third-order valence-corrected chi connectivity index (χ3v) is 4.13. The zero-order valence-electron chi connectivity index (χ0n) is 12.6. The second-order valence-electron chi connectivity index (χ2n) is 6.06. The quantitative estimate of drug-likeness (QED) is 0.841. The van der Waals surface area contributed by atoms with E-state index in [0.717, 1.165) is 42.9 Å². The highest BCUT2D eigenvalue weighted by molar-refractivity contribution is 5.18. The molecule has 112 valence electrons. The first-order chi connectivity index (χ1) is 10.1. The van der Waals surface area contributed by atoms with Crippen molar-refractivity contribution in [3.8, 4) is 0 Å². The molecule has 21 heavy (non-hydrogen) atoms. The Morgan fingerprint density at radius 3 is 2.76 bits per heavy atom. The number of halogens is 1. The largest absolute Gasteiger partial charge is 0.359 e. The van der Waals surface area contributed by atoms with E-state index in [9.17, 15) is 4.39 Å². The molecule has 1 atom stereocenters. The predicted molar refractivity (Wildman–Crippen MR) is 79.4 cm³/mol. The average Bonchev–Trinajstić information content (AvgIpc) is 3.09. The lowest BCUT2D eigenvalue weighted by molar-refractivity contribution is 0.206. The van der Waals surface area contributed by atoms with Crippen molar-refractivity contribution < 1.29 is 8.91 Å². The van der Waals surface area contributed by atoms with Crippen LogP contribution in [0.4, 0.5) is 4.39 Å². The van der Waals surface area contributed by atoms with Crippen LogP contribution in [0, 0.1) is 5.82 Å². The highest BCUT2D eigenvalue weighted by Gasteiger charge is 2.29. The fraction of sp³-hybridized carbons (Fsp3) is 0.471. The predicted octanol–water partition coefficient (Wildman–Crippen LogP) is 4.27. The van der Waals surface area contributed by atoms with Crippen molar-refractivity contribution in [1.29, 1.82) is 0 Å². The molecule has 1 aromatic carbocycles. The van der Waals surface area contributed by atoms with Crippen molar-refractivity contribution in [2.24, 2.45) is 0 Å². The third kappa shape index (κ3) is 3.16. The molecule has 0 spiro atoms. The minimum atomic E-state index is -0.187. The summed E-state index contributed by atoms with van der Waals surface area (Å²) in [5.41, 5.74) is 2.14. The lowest BCUT2D eigenvalue weighted by atomic mass is 10.1. The molecule has 0 unspecified atom stereocenters. The van der Waals surface area contributed by atoms with Crippen molar-refractivity contribution in [3.63, 3.8) is 0 Å². The Bertz CT molecular complexity index is 591. The zero-order chi connectivity index (χ0) is 14.8. The van der Waals surface area contributed by atoms with Crippen molar-refractivity contribution in [2.45, 2.75) is 45.2 Å². The van der Waals surface area contributed by atoms with E-state index in [-0.39, 0.29) is 11.9 Å². The highest BCUT2D eigenvalue weighted by atomic mass is 19.1. The molecule has 0 bridgehead atoms. The van der Waals surface area contributed by atoms with E-state index in [1.54, 1.807) is 0 Å². The standard InChI is InChI=1S/C17H21FN2O/c1-12(2)15-10-17(21-19-15)16-4-3-9-20(16)11-13-5-7-14(18)8-6-13/h5-8,10,12,16H,3-4,9,11H2,1-2H3/t16-/m0/s1. The van der Waals surface area contributed by atoms with E-state index in [2.05, 4.69) is 30.0 Å². The second kappa shape index (κ2) is 5.98. The van der Waals surface area contributed by atoms with Crippen molar-refractivity contribution >= 4 is 0 Å². The summed E-state index contributed by atoms with van der Waals surface area (Å²) in [7, 11) is 0. The summed E-state index contributed by atoms with van der Waals surface area (Å²) in [5, 5.41) is 4.16. The molecule has 1 aliphatic rings. The first kappa shape index (κ1) is 14.3. The van der Waals surface area contributed by atoms with Gasteiger partial charge in [-0.15, -0.1) is 0 Å². The fourth-order valence-corrected chi connectivity index (χ4v) is 2.89. The number of hydrogen-bond acceptors (Lipinski definition) is 3. The maximum Gasteiger partial charge on any atom is 0.154 e. The molecule has 0 saturated carbocycles. The van der Waals surface area contributed by atoms with Crippen LogP contribution in [0.5, 0.6) is 0 Å². The van der Waals surface area contributed by atoms with Crippen molar-refractivity contribution in [2.75, 3.05) is 6.54 Å². The minimum Gasteiger partial charge on any atom is -0.359 e. The molecule has 0 N–H and O–H groups in total. The molecule has 0 radical (unpaired) electrons. The van der Waals surface area contributed by atoms with Gasteiger partial charge in [-0.1, -0.05) is 31.1 Å². The Balaban J connectivity index is 1.74. The third-order valence-electron chi connectivity index (χ3n) is 4.13. The van der Waals surface area contributed by atoms with Gasteiger partial charge in [-0.3, -0.25) is 4.90 Å². The minimum absolute atomic E-state index is 0.187. The van der Waals surface area contributed by atoms with Gasteiger partial charge in [-0.25, -0.2) is 4.39 Å². The van der Waals surface area contributed by atoms with Crippen LogP contribution in [0.2, 0.25) is 0 Å². The lowest BCUT2D eigenvalue weighted by Gasteiger charge is -2.22. The van der Waals surface area contributed by atoms with Gasteiger partial charge < -0.3 is 4.52 Å². The Kier molecular flexibility index (Phi) is 4.06. The van der Waals surface area contributed by atoms with Gasteiger partial charge in [0.1, 0.15) is 5.82 Å². The summed E-state index contributed by atoms with van der Waals surface area (Å²) >= 11 is 0. The molecule has 3 rings (SSSR count). The maximum atomic E-state index is 13.0. The fourth-order valence-electron chi connectivity index (χ4n) is 2.89. The molecule has 3 nitrogen and oxygen atoms in total. The molecule has 0 aliphatic carbocycles.